The van der Waals surface area contributed by atoms with E-state index in [1.54, 1.807) is 0 Å². The van der Waals surface area contributed by atoms with Gasteiger partial charge < -0.3 is 5.32 Å². The Kier molecular flexibility index (Phi) is 5.47. The number of nitrogens with one attached hydrogen (secondary N) is 1. The third kappa shape index (κ3) is 3.95. The fraction of sp³-hybridized carbons (Fsp3) is 0.375. The van der Waals surface area contributed by atoms with Gasteiger partial charge in [0, 0.05) is 23.1 Å². The second kappa shape index (κ2) is 8.19. The Bertz CT molecular complexity index is 1140. The van der Waals surface area contributed by atoms with Crippen molar-refractivity contribution in [2.75, 3.05) is 5.32 Å². The first-order valence-corrected chi connectivity index (χ1v) is 10.6. The maximum atomic E-state index is 4.91. The summed E-state index contributed by atoms with van der Waals surface area (Å²) in [5, 5.41) is 9.36. The fourth-order valence-electron chi connectivity index (χ4n) is 3.83. The quantitative estimate of drug-likeness (QED) is 0.427. The van der Waals surface area contributed by atoms with Gasteiger partial charge in [-0.25, -0.2) is 9.97 Å². The van der Waals surface area contributed by atoms with Gasteiger partial charge in [-0.2, -0.15) is 4.52 Å². The number of hydrogen-bond donors (Lipinski definition) is 1. The van der Waals surface area contributed by atoms with E-state index in [1.807, 2.05) is 11.4 Å². The second-order valence-electron chi connectivity index (χ2n) is 7.82. The fourth-order valence-corrected chi connectivity index (χ4v) is 3.83. The van der Waals surface area contributed by atoms with Gasteiger partial charge in [0.1, 0.15) is 5.82 Å². The Hall–Kier alpha value is -2.95. The van der Waals surface area contributed by atoms with E-state index in [2.05, 4.69) is 67.5 Å². The van der Waals surface area contributed by atoms with Crippen molar-refractivity contribution >= 4 is 28.2 Å². The topological polar surface area (TPSA) is 55.1 Å². The number of unbranched alkanes of at least 4 members (excludes halogenated alkanes) is 1. The Balaban J connectivity index is 1.79. The zero-order valence-corrected chi connectivity index (χ0v) is 17.8. The monoisotopic (exact) mass is 387 g/mol. The molecule has 0 saturated carbocycles. The first-order valence-electron chi connectivity index (χ1n) is 10.6. The molecule has 0 unspecified atom stereocenters. The van der Waals surface area contributed by atoms with Crippen molar-refractivity contribution in [1.82, 2.24) is 19.6 Å². The van der Waals surface area contributed by atoms with Crippen LogP contribution in [0.1, 0.15) is 55.6 Å². The van der Waals surface area contributed by atoms with Crippen LogP contribution in [-0.4, -0.2) is 19.6 Å². The van der Waals surface area contributed by atoms with Crippen molar-refractivity contribution in [3.05, 3.63) is 58.9 Å². The van der Waals surface area contributed by atoms with Gasteiger partial charge in [-0.3, -0.25) is 0 Å². The van der Waals surface area contributed by atoms with Gasteiger partial charge in [-0.1, -0.05) is 38.8 Å². The minimum absolute atomic E-state index is 0.751. The lowest BCUT2D eigenvalue weighted by Crippen LogP contribution is -2.04. The van der Waals surface area contributed by atoms with Gasteiger partial charge in [0.2, 0.25) is 0 Å². The molecule has 0 atom stereocenters. The van der Waals surface area contributed by atoms with Gasteiger partial charge >= 0.3 is 0 Å². The third-order valence-corrected chi connectivity index (χ3v) is 5.28. The predicted octanol–water partition coefficient (Wildman–Crippen LogP) is 5.93. The van der Waals surface area contributed by atoms with Gasteiger partial charge in [-0.05, 0) is 62.4 Å². The number of nitrogens with zero attached hydrogens (tertiary/aromatic N) is 4. The average molecular weight is 388 g/mol. The molecule has 5 heteroatoms. The average Bonchev–Trinajstić information content (AvgIpc) is 3.06. The second-order valence-corrected chi connectivity index (χ2v) is 7.82. The summed E-state index contributed by atoms with van der Waals surface area (Å²) in [6, 6.07) is 12.9. The highest BCUT2D eigenvalue weighted by Gasteiger charge is 2.15. The first kappa shape index (κ1) is 19.4. The largest absolute Gasteiger partial charge is 0.340 e. The molecule has 1 aromatic carbocycles. The Labute approximate surface area is 172 Å². The molecule has 5 nitrogen and oxygen atoms in total. The molecule has 4 rings (SSSR count). The van der Waals surface area contributed by atoms with Gasteiger partial charge in [-0.15, -0.1) is 5.10 Å². The highest BCUT2D eigenvalue weighted by Crippen LogP contribution is 2.27. The lowest BCUT2D eigenvalue weighted by molar-refractivity contribution is 0.795. The van der Waals surface area contributed by atoms with Crippen molar-refractivity contribution in [2.45, 2.75) is 59.8 Å². The summed E-state index contributed by atoms with van der Waals surface area (Å²) in [5.74, 6) is 0.926. The van der Waals surface area contributed by atoms with Crippen molar-refractivity contribution in [3.8, 4) is 0 Å². The van der Waals surface area contributed by atoms with Crippen LogP contribution in [0.5, 0.6) is 0 Å². The number of anilines is 2. The maximum Gasteiger partial charge on any atom is 0.184 e. The van der Waals surface area contributed by atoms with Crippen molar-refractivity contribution in [2.24, 2.45) is 0 Å². The molecule has 0 radical (unpaired) electrons. The van der Waals surface area contributed by atoms with Crippen molar-refractivity contribution in [3.63, 3.8) is 0 Å². The number of rotatable bonds is 7. The summed E-state index contributed by atoms with van der Waals surface area (Å²) < 4.78 is 1.90. The van der Waals surface area contributed by atoms with Crippen LogP contribution < -0.4 is 5.32 Å². The molecular formula is C24H29N5. The maximum absolute atomic E-state index is 4.91. The summed E-state index contributed by atoms with van der Waals surface area (Å²) in [7, 11) is 0. The number of aromatic nitrogens is 4. The number of benzene rings is 1. The Morgan fingerprint density at radius 2 is 1.72 bits per heavy atom. The van der Waals surface area contributed by atoms with Crippen LogP contribution in [0.4, 0.5) is 11.5 Å². The van der Waals surface area contributed by atoms with E-state index in [-0.39, 0.29) is 0 Å². The van der Waals surface area contributed by atoms with Crippen LogP contribution in [0.2, 0.25) is 0 Å². The predicted molar refractivity (Wildman–Crippen MR) is 120 cm³/mol. The molecule has 0 amide bonds. The van der Waals surface area contributed by atoms with Gasteiger partial charge in [0.15, 0.2) is 11.3 Å². The minimum atomic E-state index is 0.751. The van der Waals surface area contributed by atoms with Crippen molar-refractivity contribution < 1.29 is 0 Å². The molecule has 4 aromatic rings. The van der Waals surface area contributed by atoms with Gasteiger partial charge in [0.25, 0.3) is 0 Å². The molecule has 29 heavy (non-hydrogen) atoms. The van der Waals surface area contributed by atoms with Crippen LogP contribution in [-0.2, 0) is 12.8 Å². The first-order chi connectivity index (χ1) is 14.1. The van der Waals surface area contributed by atoms with E-state index in [0.717, 1.165) is 64.4 Å². The molecule has 150 valence electrons. The minimum Gasteiger partial charge on any atom is -0.340 e. The van der Waals surface area contributed by atoms with Crippen LogP contribution in [0.15, 0.2) is 36.4 Å². The zero-order valence-electron chi connectivity index (χ0n) is 17.8. The van der Waals surface area contributed by atoms with E-state index in [1.165, 1.54) is 18.4 Å². The summed E-state index contributed by atoms with van der Waals surface area (Å²) >= 11 is 0. The number of aryl methyl sites for hydroxylation is 4. The Morgan fingerprint density at radius 3 is 2.45 bits per heavy atom. The highest BCUT2D eigenvalue weighted by molar-refractivity contribution is 5.93. The van der Waals surface area contributed by atoms with E-state index >= 15 is 0 Å². The van der Waals surface area contributed by atoms with Crippen LogP contribution in [0, 0.1) is 13.8 Å². The van der Waals surface area contributed by atoms with Crippen LogP contribution in [0.25, 0.3) is 16.7 Å². The SMILES string of the molecule is CCCCc1ccc(Nc2cc(CCC)nc3c4c(C)cc(C)nc4nn23)cc1. The molecular weight excluding hydrogens is 358 g/mol. The normalized spacial score (nSPS) is 11.4. The van der Waals surface area contributed by atoms with Crippen LogP contribution >= 0.6 is 0 Å². The zero-order chi connectivity index (χ0) is 20.4. The van der Waals surface area contributed by atoms with Crippen LogP contribution in [0.3, 0.4) is 0 Å². The van der Waals surface area contributed by atoms with E-state index < -0.39 is 0 Å². The molecule has 1 N–H and O–H groups in total. The summed E-state index contributed by atoms with van der Waals surface area (Å²) in [5.41, 5.74) is 7.27. The molecule has 0 aliphatic heterocycles. The van der Waals surface area contributed by atoms with Crippen molar-refractivity contribution in [1.29, 1.82) is 0 Å². The lowest BCUT2D eigenvalue weighted by Gasteiger charge is -2.11. The molecule has 0 aliphatic carbocycles. The third-order valence-electron chi connectivity index (χ3n) is 5.28. The molecule has 0 saturated heterocycles. The van der Waals surface area contributed by atoms with E-state index in [9.17, 15) is 0 Å². The summed E-state index contributed by atoms with van der Waals surface area (Å²) in [6.07, 6.45) is 5.56. The van der Waals surface area contributed by atoms with Gasteiger partial charge in [0.05, 0.1) is 5.39 Å². The summed E-state index contributed by atoms with van der Waals surface area (Å²) in [6.45, 7) is 8.52. The van der Waals surface area contributed by atoms with E-state index in [0.29, 0.717) is 0 Å². The summed E-state index contributed by atoms with van der Waals surface area (Å²) in [4.78, 5) is 9.55. The number of pyridine rings is 1. The van der Waals surface area contributed by atoms with E-state index in [4.69, 9.17) is 10.1 Å². The molecule has 0 spiro atoms. The highest BCUT2D eigenvalue weighted by atomic mass is 15.3. The lowest BCUT2D eigenvalue weighted by atomic mass is 10.1. The number of hydrogen-bond acceptors (Lipinski definition) is 4. The smallest absolute Gasteiger partial charge is 0.184 e. The standard InChI is InChI=1S/C24H29N5/c1-5-7-9-18-10-12-19(13-11-18)26-21-15-20(8-6-2)27-24-22-16(3)14-17(4)25-23(22)28-29(21)24/h10-15,26H,5-9H2,1-4H3. The number of fused-ring (bicyclic) bond motifs is 3. The molecule has 3 aromatic heterocycles. The Morgan fingerprint density at radius 1 is 0.931 bits per heavy atom. The molecule has 0 aliphatic rings. The molecule has 0 fully saturated rings. The molecule has 0 bridgehead atoms. The molecule has 3 heterocycles.